The molecule has 1 aromatic heterocycles. The largest absolute Gasteiger partial charge is 0.441 e. The molecule has 1 heterocycles. The van der Waals surface area contributed by atoms with Gasteiger partial charge in [-0.2, -0.15) is 13.2 Å². The second kappa shape index (κ2) is 6.74. The first-order chi connectivity index (χ1) is 7.58. The highest BCUT2D eigenvalue weighted by Gasteiger charge is 2.27. The lowest BCUT2D eigenvalue weighted by Gasteiger charge is -2.06. The third-order valence-corrected chi connectivity index (χ3v) is 2.49. The number of aryl methyl sites for hydroxylation is 1. The molecule has 92 valence electrons. The van der Waals surface area contributed by atoms with Gasteiger partial charge in [-0.1, -0.05) is 5.21 Å². The van der Waals surface area contributed by atoms with Gasteiger partial charge in [-0.25, -0.2) is 0 Å². The topological polar surface area (TPSA) is 42.7 Å². The number of rotatable bonds is 7. The van der Waals surface area contributed by atoms with E-state index < -0.39 is 5.51 Å². The maximum absolute atomic E-state index is 11.7. The van der Waals surface area contributed by atoms with Gasteiger partial charge in [-0.05, 0) is 24.7 Å². The molecular weight excluding hydrogens is 241 g/mol. The predicted molar refractivity (Wildman–Crippen MR) is 56.0 cm³/mol. The summed E-state index contributed by atoms with van der Waals surface area (Å²) in [6, 6.07) is 0. The maximum atomic E-state index is 11.7. The van der Waals surface area contributed by atoms with E-state index in [9.17, 15) is 13.2 Å². The van der Waals surface area contributed by atoms with Crippen LogP contribution in [0.4, 0.5) is 13.2 Å². The number of thioether (sulfide) groups is 1. The van der Waals surface area contributed by atoms with E-state index in [0.29, 0.717) is 13.1 Å². The molecule has 1 N–H and O–H groups in total. The molecule has 0 saturated carbocycles. The molecule has 0 saturated heterocycles. The SMILES string of the molecule is FC(F)(F)SCCNCCCn1ccnn1. The maximum Gasteiger partial charge on any atom is 0.441 e. The molecule has 0 amide bonds. The summed E-state index contributed by atoms with van der Waals surface area (Å²) in [5.41, 5.74) is -4.12. The molecule has 0 fully saturated rings. The zero-order valence-corrected chi connectivity index (χ0v) is 9.39. The number of nitrogens with zero attached hydrogens (tertiary/aromatic N) is 3. The molecule has 1 aromatic rings. The summed E-state index contributed by atoms with van der Waals surface area (Å²) in [5.74, 6) is 0.0484. The lowest BCUT2D eigenvalue weighted by atomic mass is 10.4. The highest BCUT2D eigenvalue weighted by Crippen LogP contribution is 2.29. The van der Waals surface area contributed by atoms with Gasteiger partial charge in [0.25, 0.3) is 0 Å². The molecular formula is C8H13F3N4S. The van der Waals surface area contributed by atoms with Crippen molar-refractivity contribution in [3.05, 3.63) is 12.4 Å². The summed E-state index contributed by atoms with van der Waals surface area (Å²) in [5, 5.41) is 10.3. The van der Waals surface area contributed by atoms with E-state index in [-0.39, 0.29) is 17.5 Å². The van der Waals surface area contributed by atoms with Crippen LogP contribution in [0.15, 0.2) is 12.4 Å². The molecule has 0 aliphatic carbocycles. The van der Waals surface area contributed by atoms with Crippen LogP contribution in [0.3, 0.4) is 0 Å². The van der Waals surface area contributed by atoms with Crippen LogP contribution in [-0.4, -0.2) is 39.3 Å². The van der Waals surface area contributed by atoms with Crippen molar-refractivity contribution in [3.8, 4) is 0 Å². The van der Waals surface area contributed by atoms with Crippen LogP contribution in [0.2, 0.25) is 0 Å². The van der Waals surface area contributed by atoms with Crippen LogP contribution >= 0.6 is 11.8 Å². The Morgan fingerprint density at radius 3 is 2.75 bits per heavy atom. The Kier molecular flexibility index (Phi) is 5.61. The highest BCUT2D eigenvalue weighted by molar-refractivity contribution is 8.00. The van der Waals surface area contributed by atoms with Gasteiger partial charge in [0, 0.05) is 25.0 Å². The second-order valence-corrected chi connectivity index (χ2v) is 4.22. The van der Waals surface area contributed by atoms with Crippen molar-refractivity contribution in [3.63, 3.8) is 0 Å². The zero-order chi connectivity index (χ0) is 11.9. The van der Waals surface area contributed by atoms with Gasteiger partial charge >= 0.3 is 5.51 Å². The monoisotopic (exact) mass is 254 g/mol. The van der Waals surface area contributed by atoms with E-state index in [4.69, 9.17) is 0 Å². The fourth-order valence-corrected chi connectivity index (χ4v) is 1.56. The predicted octanol–water partition coefficient (Wildman–Crippen LogP) is 1.51. The molecule has 16 heavy (non-hydrogen) atoms. The summed E-state index contributed by atoms with van der Waals surface area (Å²) >= 11 is -0.000688. The highest BCUT2D eigenvalue weighted by atomic mass is 32.2. The van der Waals surface area contributed by atoms with E-state index in [1.807, 2.05) is 0 Å². The van der Waals surface area contributed by atoms with Gasteiger partial charge in [-0.15, -0.1) is 5.10 Å². The van der Waals surface area contributed by atoms with Crippen molar-refractivity contribution in [1.82, 2.24) is 20.3 Å². The average Bonchev–Trinajstić information content (AvgIpc) is 2.67. The van der Waals surface area contributed by atoms with Gasteiger partial charge in [0.05, 0.1) is 6.20 Å². The summed E-state index contributed by atoms with van der Waals surface area (Å²) in [6.45, 7) is 1.76. The normalized spacial score (nSPS) is 11.9. The number of halogens is 3. The van der Waals surface area contributed by atoms with Crippen LogP contribution in [-0.2, 0) is 6.54 Å². The van der Waals surface area contributed by atoms with Crippen LogP contribution < -0.4 is 5.32 Å². The van der Waals surface area contributed by atoms with E-state index >= 15 is 0 Å². The third-order valence-electron chi connectivity index (χ3n) is 1.76. The van der Waals surface area contributed by atoms with Crippen molar-refractivity contribution < 1.29 is 13.2 Å². The average molecular weight is 254 g/mol. The summed E-state index contributed by atoms with van der Waals surface area (Å²) in [7, 11) is 0. The van der Waals surface area contributed by atoms with E-state index in [1.54, 1.807) is 17.1 Å². The fraction of sp³-hybridized carbons (Fsp3) is 0.750. The minimum absolute atomic E-state index is 0.000688. The molecule has 0 aromatic carbocycles. The molecule has 0 atom stereocenters. The Morgan fingerprint density at radius 2 is 2.12 bits per heavy atom. The molecule has 0 aliphatic rings. The van der Waals surface area contributed by atoms with Gasteiger partial charge in [0.2, 0.25) is 0 Å². The van der Waals surface area contributed by atoms with E-state index in [1.165, 1.54) is 0 Å². The lowest BCUT2D eigenvalue weighted by molar-refractivity contribution is -0.0327. The molecule has 0 spiro atoms. The zero-order valence-electron chi connectivity index (χ0n) is 8.57. The Bertz CT molecular complexity index is 275. The molecule has 4 nitrogen and oxygen atoms in total. The number of nitrogens with one attached hydrogen (secondary N) is 1. The number of alkyl halides is 3. The van der Waals surface area contributed by atoms with Gasteiger partial charge in [0.1, 0.15) is 0 Å². The first kappa shape index (κ1) is 13.3. The number of aromatic nitrogens is 3. The Labute approximate surface area is 95.6 Å². The first-order valence-corrected chi connectivity index (χ1v) is 5.82. The van der Waals surface area contributed by atoms with Gasteiger partial charge in [0.15, 0.2) is 0 Å². The first-order valence-electron chi connectivity index (χ1n) is 4.83. The Balaban J connectivity index is 1.89. The minimum atomic E-state index is -4.12. The van der Waals surface area contributed by atoms with Crippen LogP contribution in [0.1, 0.15) is 6.42 Å². The Morgan fingerprint density at radius 1 is 1.31 bits per heavy atom. The molecule has 0 aliphatic heterocycles. The second-order valence-electron chi connectivity index (χ2n) is 3.06. The fourth-order valence-electron chi connectivity index (χ4n) is 1.08. The summed E-state index contributed by atoms with van der Waals surface area (Å²) in [6.07, 6.45) is 4.16. The molecule has 0 radical (unpaired) electrons. The number of hydrogen-bond donors (Lipinski definition) is 1. The van der Waals surface area contributed by atoms with Crippen LogP contribution in [0.5, 0.6) is 0 Å². The smallest absolute Gasteiger partial charge is 0.316 e. The standard InChI is InChI=1S/C8H13F3N4S/c9-8(10,11)16-7-4-12-2-1-5-15-6-3-13-14-15/h3,6,12H,1-2,4-5,7H2. The Hall–Kier alpha value is -0.760. The molecule has 1 rings (SSSR count). The summed E-state index contributed by atoms with van der Waals surface area (Å²) in [4.78, 5) is 0. The van der Waals surface area contributed by atoms with Gasteiger partial charge < -0.3 is 5.32 Å². The van der Waals surface area contributed by atoms with Crippen molar-refractivity contribution >= 4 is 11.8 Å². The van der Waals surface area contributed by atoms with Gasteiger partial charge in [-0.3, -0.25) is 4.68 Å². The quantitative estimate of drug-likeness (QED) is 0.749. The van der Waals surface area contributed by atoms with E-state index in [0.717, 1.165) is 13.0 Å². The summed E-state index contributed by atoms with van der Waals surface area (Å²) < 4.78 is 36.9. The van der Waals surface area contributed by atoms with Crippen molar-refractivity contribution in [2.24, 2.45) is 0 Å². The molecule has 0 bridgehead atoms. The molecule has 8 heteroatoms. The molecule has 0 unspecified atom stereocenters. The number of hydrogen-bond acceptors (Lipinski definition) is 4. The van der Waals surface area contributed by atoms with E-state index in [2.05, 4.69) is 15.6 Å². The van der Waals surface area contributed by atoms with Crippen molar-refractivity contribution in [1.29, 1.82) is 0 Å². The minimum Gasteiger partial charge on any atom is -0.316 e. The van der Waals surface area contributed by atoms with Crippen molar-refractivity contribution in [2.45, 2.75) is 18.5 Å². The lowest BCUT2D eigenvalue weighted by Crippen LogP contribution is -2.21. The van der Waals surface area contributed by atoms with Crippen molar-refractivity contribution in [2.75, 3.05) is 18.8 Å². The van der Waals surface area contributed by atoms with Crippen LogP contribution in [0, 0.1) is 0 Å². The third kappa shape index (κ3) is 6.67. The van der Waals surface area contributed by atoms with Crippen LogP contribution in [0.25, 0.3) is 0 Å².